The second-order valence-corrected chi connectivity index (χ2v) is 5.17. The van der Waals surface area contributed by atoms with E-state index in [0.717, 1.165) is 21.3 Å². The lowest BCUT2D eigenvalue weighted by atomic mass is 10.0. The van der Waals surface area contributed by atoms with E-state index < -0.39 is 5.97 Å². The minimum atomic E-state index is -0.963. The fraction of sp³-hybridized carbons (Fsp3) is 0.231. The zero-order chi connectivity index (χ0) is 13.6. The van der Waals surface area contributed by atoms with Gasteiger partial charge in [0.2, 0.25) is 0 Å². The molecule has 0 aliphatic carbocycles. The summed E-state index contributed by atoms with van der Waals surface area (Å²) in [6, 6.07) is 5.67. The number of ether oxygens (including phenoxy) is 1. The van der Waals surface area contributed by atoms with Crippen LogP contribution in [0.4, 0.5) is 0 Å². The molecule has 2 aromatic rings. The number of hydrogen-bond donors (Lipinski definition) is 1. The molecule has 0 bridgehead atoms. The number of benzene rings is 1. The van der Waals surface area contributed by atoms with Crippen molar-refractivity contribution in [1.29, 1.82) is 0 Å². The molecule has 98 valence electrons. The zero-order valence-corrected chi connectivity index (χ0v) is 11.8. The Kier molecular flexibility index (Phi) is 2.82. The van der Waals surface area contributed by atoms with Crippen LogP contribution in [0.3, 0.4) is 0 Å². The number of aryl methyl sites for hydroxylation is 1. The van der Waals surface area contributed by atoms with E-state index in [1.54, 1.807) is 7.05 Å². The molecule has 0 spiro atoms. The molecule has 19 heavy (non-hydrogen) atoms. The molecule has 0 atom stereocenters. The van der Waals surface area contributed by atoms with Gasteiger partial charge in [-0.25, -0.2) is 4.79 Å². The van der Waals surface area contributed by atoms with Crippen molar-refractivity contribution >= 4 is 21.9 Å². The summed E-state index contributed by atoms with van der Waals surface area (Å²) < 4.78 is 7.97. The highest BCUT2D eigenvalue weighted by Crippen LogP contribution is 2.40. The predicted molar refractivity (Wildman–Crippen MR) is 72.5 cm³/mol. The van der Waals surface area contributed by atoms with Gasteiger partial charge in [0.05, 0.1) is 11.1 Å². The lowest BCUT2D eigenvalue weighted by Crippen LogP contribution is -2.10. The van der Waals surface area contributed by atoms with Crippen molar-refractivity contribution in [2.24, 2.45) is 7.05 Å². The third kappa shape index (κ3) is 1.83. The third-order valence-corrected chi connectivity index (χ3v) is 3.79. The number of para-hydroxylation sites is 1. The topological polar surface area (TPSA) is 64.4 Å². The van der Waals surface area contributed by atoms with Crippen LogP contribution < -0.4 is 4.74 Å². The molecular formula is C13H11BrN2O3. The molecule has 1 aromatic carbocycles. The Balaban J connectivity index is 2.31. The van der Waals surface area contributed by atoms with Gasteiger partial charge in [0.1, 0.15) is 17.1 Å². The van der Waals surface area contributed by atoms with Crippen LogP contribution in [0.5, 0.6) is 5.75 Å². The first-order valence-corrected chi connectivity index (χ1v) is 6.59. The van der Waals surface area contributed by atoms with Crippen LogP contribution in [0.1, 0.15) is 16.1 Å². The van der Waals surface area contributed by atoms with Gasteiger partial charge in [0.25, 0.3) is 0 Å². The summed E-state index contributed by atoms with van der Waals surface area (Å²) in [4.78, 5) is 11.3. The predicted octanol–water partition coefficient (Wildman–Crippen LogP) is 2.48. The van der Waals surface area contributed by atoms with Crippen LogP contribution in [0.2, 0.25) is 0 Å². The molecule has 2 heterocycles. The first-order chi connectivity index (χ1) is 9.09. The molecule has 1 aliphatic rings. The summed E-state index contributed by atoms with van der Waals surface area (Å²) in [5, 5.41) is 13.6. The molecular weight excluding hydrogens is 312 g/mol. The first-order valence-electron chi connectivity index (χ1n) is 5.80. The van der Waals surface area contributed by atoms with Crippen molar-refractivity contribution in [3.63, 3.8) is 0 Å². The van der Waals surface area contributed by atoms with E-state index in [2.05, 4.69) is 21.0 Å². The van der Waals surface area contributed by atoms with Crippen molar-refractivity contribution in [1.82, 2.24) is 9.78 Å². The van der Waals surface area contributed by atoms with E-state index in [0.29, 0.717) is 18.7 Å². The summed E-state index contributed by atoms with van der Waals surface area (Å²) in [5.74, 6) is -0.244. The van der Waals surface area contributed by atoms with Crippen molar-refractivity contribution in [2.75, 3.05) is 6.61 Å². The van der Waals surface area contributed by atoms with Gasteiger partial charge in [-0.05, 0) is 28.1 Å². The Hall–Kier alpha value is -1.82. The minimum absolute atomic E-state index is 0.228. The Bertz CT molecular complexity index is 679. The van der Waals surface area contributed by atoms with Crippen molar-refractivity contribution < 1.29 is 14.6 Å². The fourth-order valence-electron chi connectivity index (χ4n) is 2.39. The molecule has 0 fully saturated rings. The highest BCUT2D eigenvalue weighted by Gasteiger charge is 2.27. The second-order valence-electron chi connectivity index (χ2n) is 4.32. The quantitative estimate of drug-likeness (QED) is 0.876. The van der Waals surface area contributed by atoms with E-state index >= 15 is 0 Å². The average Bonchev–Trinajstić information content (AvgIpc) is 2.57. The standard InChI is InChI=1S/C13H11BrN2O3/c1-16-11(13(17)18)7-5-6-19-12-8(10(7)15-16)3-2-4-9(12)14/h2-4H,5-6H2,1H3,(H,17,18). The Morgan fingerprint density at radius 1 is 1.53 bits per heavy atom. The second kappa shape index (κ2) is 4.38. The highest BCUT2D eigenvalue weighted by molar-refractivity contribution is 9.10. The first kappa shape index (κ1) is 12.2. The largest absolute Gasteiger partial charge is 0.491 e. The van der Waals surface area contributed by atoms with Crippen LogP contribution in [0.15, 0.2) is 22.7 Å². The van der Waals surface area contributed by atoms with E-state index in [-0.39, 0.29) is 5.69 Å². The summed E-state index contributed by atoms with van der Waals surface area (Å²) >= 11 is 3.45. The van der Waals surface area contributed by atoms with Gasteiger partial charge in [-0.15, -0.1) is 0 Å². The van der Waals surface area contributed by atoms with Gasteiger partial charge in [-0.1, -0.05) is 6.07 Å². The molecule has 1 aromatic heterocycles. The number of hydrogen-bond acceptors (Lipinski definition) is 3. The lowest BCUT2D eigenvalue weighted by Gasteiger charge is -2.08. The Labute approximate surface area is 117 Å². The molecule has 1 aliphatic heterocycles. The maximum absolute atomic E-state index is 11.3. The summed E-state index contributed by atoms with van der Waals surface area (Å²) in [5.41, 5.74) is 2.47. The fourth-order valence-corrected chi connectivity index (χ4v) is 2.87. The van der Waals surface area contributed by atoms with Gasteiger partial charge < -0.3 is 9.84 Å². The SMILES string of the molecule is Cn1nc2c(c1C(=O)O)CCOc1c(Br)cccc1-2. The number of rotatable bonds is 1. The van der Waals surface area contributed by atoms with Crippen LogP contribution in [0.25, 0.3) is 11.3 Å². The third-order valence-electron chi connectivity index (χ3n) is 3.17. The monoisotopic (exact) mass is 322 g/mol. The molecule has 0 radical (unpaired) electrons. The smallest absolute Gasteiger partial charge is 0.354 e. The number of aromatic carboxylic acids is 1. The highest BCUT2D eigenvalue weighted by atomic mass is 79.9. The molecule has 0 amide bonds. The summed E-state index contributed by atoms with van der Waals surface area (Å²) in [7, 11) is 1.65. The Morgan fingerprint density at radius 2 is 2.32 bits per heavy atom. The molecule has 0 saturated heterocycles. The normalized spacial score (nSPS) is 13.2. The number of fused-ring (bicyclic) bond motifs is 3. The lowest BCUT2D eigenvalue weighted by molar-refractivity contribution is 0.0683. The number of halogens is 1. The van der Waals surface area contributed by atoms with E-state index in [9.17, 15) is 9.90 Å². The molecule has 3 rings (SSSR count). The van der Waals surface area contributed by atoms with Crippen LogP contribution >= 0.6 is 15.9 Å². The van der Waals surface area contributed by atoms with Crippen LogP contribution in [-0.4, -0.2) is 27.5 Å². The molecule has 6 heteroatoms. The van der Waals surface area contributed by atoms with Gasteiger partial charge >= 0.3 is 5.97 Å². The van der Waals surface area contributed by atoms with E-state index in [4.69, 9.17) is 4.74 Å². The van der Waals surface area contributed by atoms with E-state index in [1.807, 2.05) is 18.2 Å². The summed E-state index contributed by atoms with van der Waals surface area (Å²) in [6.07, 6.45) is 0.534. The van der Waals surface area contributed by atoms with Gasteiger partial charge in [0.15, 0.2) is 0 Å². The molecule has 5 nitrogen and oxygen atoms in total. The van der Waals surface area contributed by atoms with Crippen LogP contribution in [0, 0.1) is 0 Å². The van der Waals surface area contributed by atoms with Crippen molar-refractivity contribution in [3.8, 4) is 17.0 Å². The van der Waals surface area contributed by atoms with Gasteiger partial charge in [-0.2, -0.15) is 5.10 Å². The number of nitrogens with zero attached hydrogens (tertiary/aromatic N) is 2. The maximum Gasteiger partial charge on any atom is 0.354 e. The average molecular weight is 323 g/mol. The number of carboxylic acid groups (broad SMARTS) is 1. The van der Waals surface area contributed by atoms with E-state index in [1.165, 1.54) is 4.68 Å². The zero-order valence-electron chi connectivity index (χ0n) is 10.2. The molecule has 1 N–H and O–H groups in total. The van der Waals surface area contributed by atoms with Crippen molar-refractivity contribution in [3.05, 3.63) is 33.9 Å². The minimum Gasteiger partial charge on any atom is -0.491 e. The van der Waals surface area contributed by atoms with Crippen LogP contribution in [-0.2, 0) is 13.5 Å². The van der Waals surface area contributed by atoms with Gasteiger partial charge in [-0.3, -0.25) is 4.68 Å². The molecule has 0 unspecified atom stereocenters. The maximum atomic E-state index is 11.3. The molecule has 0 saturated carbocycles. The number of carbonyl (C=O) groups is 1. The number of carboxylic acids is 1. The van der Waals surface area contributed by atoms with Crippen molar-refractivity contribution in [2.45, 2.75) is 6.42 Å². The Morgan fingerprint density at radius 3 is 3.05 bits per heavy atom. The van der Waals surface area contributed by atoms with Gasteiger partial charge in [0, 0.05) is 24.6 Å². The summed E-state index contributed by atoms with van der Waals surface area (Å²) in [6.45, 7) is 0.439. The number of aromatic nitrogens is 2.